The van der Waals surface area contributed by atoms with E-state index in [1.54, 1.807) is 54.6 Å². The molecule has 0 heterocycles. The summed E-state index contributed by atoms with van der Waals surface area (Å²) in [5.74, 6) is -4.37. The lowest BCUT2D eigenvalue weighted by molar-refractivity contribution is 0.0724. The Labute approximate surface area is 240 Å². The van der Waals surface area contributed by atoms with Gasteiger partial charge in [0.2, 0.25) is 0 Å². The van der Waals surface area contributed by atoms with Crippen LogP contribution >= 0.6 is 0 Å². The fourth-order valence-corrected chi connectivity index (χ4v) is 3.42. The van der Waals surface area contributed by atoms with Crippen LogP contribution in [0.4, 0.5) is 13.2 Å². The molecule has 210 valence electrons. The van der Waals surface area contributed by atoms with E-state index in [-0.39, 0.29) is 22.6 Å². The highest BCUT2D eigenvalue weighted by molar-refractivity contribution is 5.91. The van der Waals surface area contributed by atoms with Crippen LogP contribution < -0.4 is 9.47 Å². The second kappa shape index (κ2) is 14.6. The summed E-state index contributed by atoms with van der Waals surface area (Å²) in [6.45, 7) is 3.83. The topological polar surface area (TPSA) is 100 Å². The van der Waals surface area contributed by atoms with Gasteiger partial charge in [-0.05, 0) is 62.2 Å². The molecular weight excluding hydrogens is 545 g/mol. The van der Waals surface area contributed by atoms with Gasteiger partial charge in [0.15, 0.2) is 0 Å². The summed E-state index contributed by atoms with van der Waals surface area (Å²) in [4.78, 5) is 23.8. The van der Waals surface area contributed by atoms with Crippen molar-refractivity contribution in [1.29, 1.82) is 10.5 Å². The highest BCUT2D eigenvalue weighted by Crippen LogP contribution is 2.21. The number of benzene rings is 4. The van der Waals surface area contributed by atoms with Crippen molar-refractivity contribution in [1.82, 2.24) is 0 Å². The van der Waals surface area contributed by atoms with E-state index in [9.17, 15) is 22.8 Å². The lowest BCUT2D eigenvalue weighted by Gasteiger charge is -2.06. The smallest absolute Gasteiger partial charge is 0.343 e. The van der Waals surface area contributed by atoms with Crippen LogP contribution in [0.5, 0.6) is 11.5 Å². The number of nitriles is 2. The maximum absolute atomic E-state index is 13.5. The maximum atomic E-state index is 13.5. The minimum Gasteiger partial charge on any atom is -0.423 e. The number of carbonyl (C=O) groups is 2. The molecule has 0 bridgehead atoms. The summed E-state index contributed by atoms with van der Waals surface area (Å²) in [6, 6.07) is 21.9. The second-order valence-electron chi connectivity index (χ2n) is 8.74. The summed E-state index contributed by atoms with van der Waals surface area (Å²) in [5, 5.41) is 17.2. The van der Waals surface area contributed by atoms with Gasteiger partial charge in [0.1, 0.15) is 46.7 Å². The van der Waals surface area contributed by atoms with Gasteiger partial charge in [-0.2, -0.15) is 10.5 Å². The number of hydrogen-bond donors (Lipinski definition) is 0. The number of ether oxygens (including phenoxy) is 2. The number of esters is 2. The average molecular weight is 569 g/mol. The van der Waals surface area contributed by atoms with Crippen LogP contribution in [0.2, 0.25) is 0 Å². The van der Waals surface area contributed by atoms with Crippen LogP contribution in [0, 0.1) is 47.0 Å². The molecule has 0 amide bonds. The summed E-state index contributed by atoms with van der Waals surface area (Å²) in [6.07, 6.45) is 4.66. The number of hydrogen-bond acceptors (Lipinski definition) is 6. The molecule has 0 radical (unpaired) electrons. The van der Waals surface area contributed by atoms with Crippen molar-refractivity contribution in [3.63, 3.8) is 0 Å². The molecule has 42 heavy (non-hydrogen) atoms. The lowest BCUT2D eigenvalue weighted by atomic mass is 10.1. The number of aryl methyl sites for hydroxylation is 1. The zero-order chi connectivity index (χ0) is 30.6. The van der Waals surface area contributed by atoms with Crippen molar-refractivity contribution in [3.05, 3.63) is 142 Å². The van der Waals surface area contributed by atoms with Gasteiger partial charge < -0.3 is 9.47 Å². The lowest BCUT2D eigenvalue weighted by Crippen LogP contribution is -2.09. The van der Waals surface area contributed by atoms with E-state index >= 15 is 0 Å². The normalized spacial score (nSPS) is 10.2. The van der Waals surface area contributed by atoms with Crippen LogP contribution in [-0.4, -0.2) is 11.9 Å². The summed E-state index contributed by atoms with van der Waals surface area (Å²) < 4.78 is 50.3. The molecule has 0 spiro atoms. The Balaban J connectivity index is 0.000000235. The molecule has 4 aromatic rings. The third kappa shape index (κ3) is 8.41. The summed E-state index contributed by atoms with van der Waals surface area (Å²) >= 11 is 0. The van der Waals surface area contributed by atoms with Crippen molar-refractivity contribution < 1.29 is 32.2 Å². The highest BCUT2D eigenvalue weighted by Gasteiger charge is 2.15. The van der Waals surface area contributed by atoms with E-state index in [1.807, 2.05) is 26.0 Å². The quantitative estimate of drug-likeness (QED) is 0.137. The van der Waals surface area contributed by atoms with Crippen LogP contribution in [-0.2, 0) is 6.42 Å². The standard InChI is InChI=1S/C18H13F2NO2.C15H10FNO2/c1-2-3-4-12-5-7-13(8-6-12)18(22)23-14-9-16(19)15(11-21)17(20)10-14;1-10-2-4-11(5-3-10)15(18)19-13-7-6-12(9-17)14(16)8-13/h2-3,5-10H,4H2,1H3;2-8H,1H3/b3-2+;. The van der Waals surface area contributed by atoms with E-state index in [4.69, 9.17) is 20.0 Å². The molecule has 0 atom stereocenters. The van der Waals surface area contributed by atoms with E-state index in [0.717, 1.165) is 35.7 Å². The fraction of sp³-hybridized carbons (Fsp3) is 0.0909. The zero-order valence-corrected chi connectivity index (χ0v) is 22.5. The zero-order valence-electron chi connectivity index (χ0n) is 22.5. The molecule has 0 aliphatic carbocycles. The van der Waals surface area contributed by atoms with Crippen LogP contribution in [0.25, 0.3) is 0 Å². The predicted octanol–water partition coefficient (Wildman–Crippen LogP) is 7.40. The molecule has 0 saturated carbocycles. The van der Waals surface area contributed by atoms with E-state index in [1.165, 1.54) is 18.2 Å². The largest absolute Gasteiger partial charge is 0.423 e. The average Bonchev–Trinajstić information content (AvgIpc) is 2.97. The Morgan fingerprint density at radius 2 is 1.26 bits per heavy atom. The summed E-state index contributed by atoms with van der Waals surface area (Å²) in [7, 11) is 0. The van der Waals surface area contributed by atoms with Crippen molar-refractivity contribution in [2.75, 3.05) is 0 Å². The monoisotopic (exact) mass is 568 g/mol. The number of halogens is 3. The molecule has 6 nitrogen and oxygen atoms in total. The van der Waals surface area contributed by atoms with Gasteiger partial charge in [-0.15, -0.1) is 0 Å². The second-order valence-corrected chi connectivity index (χ2v) is 8.74. The molecule has 0 aromatic heterocycles. The van der Waals surface area contributed by atoms with E-state index in [0.29, 0.717) is 5.56 Å². The molecule has 0 fully saturated rings. The van der Waals surface area contributed by atoms with Crippen LogP contribution in [0.15, 0.2) is 91.0 Å². The molecule has 0 unspecified atom stereocenters. The fourth-order valence-electron chi connectivity index (χ4n) is 3.42. The third-order valence-electron chi connectivity index (χ3n) is 5.68. The molecule has 0 aliphatic heterocycles. The first-order valence-electron chi connectivity index (χ1n) is 12.4. The molecule has 9 heteroatoms. The molecule has 0 aliphatic rings. The van der Waals surface area contributed by atoms with E-state index in [2.05, 4.69) is 0 Å². The van der Waals surface area contributed by atoms with Crippen molar-refractivity contribution >= 4 is 11.9 Å². The van der Waals surface area contributed by atoms with Crippen molar-refractivity contribution in [2.45, 2.75) is 20.3 Å². The van der Waals surface area contributed by atoms with Crippen LogP contribution in [0.1, 0.15) is 49.9 Å². The minimum atomic E-state index is -1.07. The molecule has 4 rings (SSSR count). The predicted molar refractivity (Wildman–Crippen MR) is 148 cm³/mol. The summed E-state index contributed by atoms with van der Waals surface area (Å²) in [5.41, 5.74) is 1.90. The third-order valence-corrected chi connectivity index (χ3v) is 5.68. The number of allylic oxidation sites excluding steroid dienone is 2. The number of carbonyl (C=O) groups excluding carboxylic acids is 2. The van der Waals surface area contributed by atoms with Crippen molar-refractivity contribution in [2.24, 2.45) is 0 Å². The highest BCUT2D eigenvalue weighted by atomic mass is 19.1. The Kier molecular flexibility index (Phi) is 10.8. The first-order chi connectivity index (χ1) is 20.1. The molecule has 0 saturated heterocycles. The van der Waals surface area contributed by atoms with E-state index < -0.39 is 35.0 Å². The first-order valence-corrected chi connectivity index (χ1v) is 12.4. The van der Waals surface area contributed by atoms with Gasteiger partial charge in [0.05, 0.1) is 16.7 Å². The van der Waals surface area contributed by atoms with Gasteiger partial charge in [0.25, 0.3) is 0 Å². The Morgan fingerprint density at radius 1 is 0.738 bits per heavy atom. The molecule has 4 aromatic carbocycles. The van der Waals surface area contributed by atoms with Gasteiger partial charge >= 0.3 is 11.9 Å². The van der Waals surface area contributed by atoms with Crippen LogP contribution in [0.3, 0.4) is 0 Å². The van der Waals surface area contributed by atoms with Gasteiger partial charge in [-0.25, -0.2) is 22.8 Å². The Hall–Kier alpha value is -5.67. The first kappa shape index (κ1) is 30.9. The van der Waals surface area contributed by atoms with Gasteiger partial charge in [-0.1, -0.05) is 42.0 Å². The maximum Gasteiger partial charge on any atom is 0.343 e. The van der Waals surface area contributed by atoms with Gasteiger partial charge in [0, 0.05) is 18.2 Å². The Morgan fingerprint density at radius 3 is 1.76 bits per heavy atom. The van der Waals surface area contributed by atoms with Crippen molar-refractivity contribution in [3.8, 4) is 23.6 Å². The molecule has 0 N–H and O–H groups in total. The van der Waals surface area contributed by atoms with Gasteiger partial charge in [-0.3, -0.25) is 0 Å². The molecular formula is C33H23F3N2O4. The number of nitrogens with zero attached hydrogens (tertiary/aromatic N) is 2. The minimum absolute atomic E-state index is 0.0714. The Bertz CT molecular complexity index is 1680. The number of rotatable bonds is 6. The SMILES string of the molecule is C/C=C/Cc1ccc(C(=O)Oc2cc(F)c(C#N)c(F)c2)cc1.Cc1ccc(C(=O)Oc2ccc(C#N)c(F)c2)cc1.